The molecule has 1 aliphatic heterocycles. The van der Waals surface area contributed by atoms with Gasteiger partial charge in [-0.3, -0.25) is 15.0 Å². The van der Waals surface area contributed by atoms with Crippen molar-refractivity contribution in [1.82, 2.24) is 10.00 Å². The van der Waals surface area contributed by atoms with Gasteiger partial charge in [-0.2, -0.15) is 0 Å². The van der Waals surface area contributed by atoms with Crippen molar-refractivity contribution in [2.75, 3.05) is 18.4 Å². The second-order valence-corrected chi connectivity index (χ2v) is 10.1. The van der Waals surface area contributed by atoms with E-state index in [4.69, 9.17) is 4.74 Å². The predicted molar refractivity (Wildman–Crippen MR) is 124 cm³/mol. The normalized spacial score (nSPS) is 16.2. The van der Waals surface area contributed by atoms with Gasteiger partial charge in [0, 0.05) is 39.8 Å². The Bertz CT molecular complexity index is 1210. The number of nitrogens with zero attached hydrogens (tertiary/aromatic N) is 4. The van der Waals surface area contributed by atoms with E-state index < -0.39 is 0 Å². The number of hydrogen-bond acceptors (Lipinski definition) is 8. The number of aromatic nitrogens is 3. The fraction of sp³-hybridized carbons (Fsp3) is 0.478. The molecule has 10 heteroatoms. The molecule has 0 bridgehead atoms. The van der Waals surface area contributed by atoms with Crippen molar-refractivity contribution >= 4 is 34.3 Å². The maximum Gasteiger partial charge on any atom is 0.460 e. The van der Waals surface area contributed by atoms with Crippen LogP contribution in [-0.4, -0.2) is 41.2 Å². The predicted octanol–water partition coefficient (Wildman–Crippen LogP) is 2.50. The van der Waals surface area contributed by atoms with Crippen LogP contribution < -0.4 is 14.9 Å². The molecule has 0 atom stereocenters. The molecule has 2 aliphatic rings. The lowest BCUT2D eigenvalue weighted by molar-refractivity contribution is -0.672. The number of fused-ring (bicyclic) bond motifs is 2. The summed E-state index contributed by atoms with van der Waals surface area (Å²) in [6.07, 6.45) is 3.53. The molecule has 174 valence electrons. The van der Waals surface area contributed by atoms with E-state index in [9.17, 15) is 15.2 Å². The number of thiophene rings is 1. The van der Waals surface area contributed by atoms with E-state index in [1.807, 2.05) is 6.07 Å². The van der Waals surface area contributed by atoms with Gasteiger partial charge >= 0.3 is 11.9 Å². The summed E-state index contributed by atoms with van der Waals surface area (Å²) in [6.45, 7) is 5.79. The molecule has 0 amide bonds. The molecule has 1 aliphatic carbocycles. The van der Waals surface area contributed by atoms with Gasteiger partial charge in [0.1, 0.15) is 0 Å². The molecule has 0 radical (unpaired) electrons. The number of hydrogen-bond donors (Lipinski definition) is 1. The maximum atomic E-state index is 12.8. The SMILES string of the molecule is CC(C)OC(=O)CCNc1n[n+]([O-])c2cc(-c3cc4c(s3)CN(C3CC3)CC4)ccc2[n+]1[O-]. The lowest BCUT2D eigenvalue weighted by Crippen LogP contribution is -2.44. The van der Waals surface area contributed by atoms with Crippen LogP contribution in [0.2, 0.25) is 0 Å². The summed E-state index contributed by atoms with van der Waals surface area (Å²) < 4.78 is 5.66. The highest BCUT2D eigenvalue weighted by atomic mass is 32.1. The van der Waals surface area contributed by atoms with Crippen molar-refractivity contribution in [2.45, 2.75) is 58.2 Å². The smallest absolute Gasteiger partial charge is 0.460 e. The summed E-state index contributed by atoms with van der Waals surface area (Å²) in [6, 6.07) is 8.22. The van der Waals surface area contributed by atoms with Gasteiger partial charge < -0.3 is 15.2 Å². The lowest BCUT2D eigenvalue weighted by Gasteiger charge is -2.26. The number of benzene rings is 1. The van der Waals surface area contributed by atoms with Gasteiger partial charge in [-0.05, 0) is 62.4 Å². The summed E-state index contributed by atoms with van der Waals surface area (Å²) in [5.41, 5.74) is 2.72. The fourth-order valence-electron chi connectivity index (χ4n) is 4.23. The van der Waals surface area contributed by atoms with Crippen LogP contribution in [0.5, 0.6) is 0 Å². The van der Waals surface area contributed by atoms with E-state index in [1.54, 1.807) is 37.3 Å². The van der Waals surface area contributed by atoms with Crippen molar-refractivity contribution in [3.63, 3.8) is 0 Å². The standard InChI is InChI=1S/C23H27N5O4S/c1-14(2)32-22(29)7-9-24-23-25-28(31)19-11-15(3-6-18(19)27(23)30)20-12-16-8-10-26(17-4-5-17)13-21(16)33-20/h3,6,11-12,14,17H,4-5,7-10,13H2,1-2H3,(H,24,25). The molecule has 9 nitrogen and oxygen atoms in total. The van der Waals surface area contributed by atoms with Crippen LogP contribution in [0.1, 0.15) is 43.6 Å². The molecular weight excluding hydrogens is 442 g/mol. The minimum atomic E-state index is -0.380. The summed E-state index contributed by atoms with van der Waals surface area (Å²) in [4.78, 5) is 17.2. The third-order valence-corrected chi connectivity index (χ3v) is 7.23. The topological polar surface area (TPSA) is 108 Å². The van der Waals surface area contributed by atoms with Crippen molar-refractivity contribution < 1.29 is 19.1 Å². The van der Waals surface area contributed by atoms with E-state index in [0.717, 1.165) is 36.0 Å². The number of nitrogens with one attached hydrogen (secondary N) is 1. The number of carbonyl (C=O) groups excluding carboxylic acids is 1. The Kier molecular flexibility index (Phi) is 5.79. The quantitative estimate of drug-likeness (QED) is 0.322. The monoisotopic (exact) mass is 469 g/mol. The van der Waals surface area contributed by atoms with Crippen LogP contribution in [0.3, 0.4) is 0 Å². The number of rotatable bonds is 7. The van der Waals surface area contributed by atoms with E-state index in [0.29, 0.717) is 9.58 Å². The average molecular weight is 470 g/mol. The molecule has 1 N–H and O–H groups in total. The van der Waals surface area contributed by atoms with Crippen molar-refractivity contribution in [1.29, 1.82) is 0 Å². The Hall–Kier alpha value is -2.98. The zero-order chi connectivity index (χ0) is 23.1. The van der Waals surface area contributed by atoms with Gasteiger partial charge in [0.2, 0.25) is 5.10 Å². The zero-order valence-corrected chi connectivity index (χ0v) is 19.6. The Morgan fingerprint density at radius 3 is 2.88 bits per heavy atom. The van der Waals surface area contributed by atoms with Crippen LogP contribution in [0.15, 0.2) is 24.3 Å². The Morgan fingerprint density at radius 2 is 2.12 bits per heavy atom. The van der Waals surface area contributed by atoms with Crippen LogP contribution in [-0.2, 0) is 22.5 Å². The average Bonchev–Trinajstić information content (AvgIpc) is 3.54. The van der Waals surface area contributed by atoms with Gasteiger partial charge in [-0.1, -0.05) is 0 Å². The van der Waals surface area contributed by atoms with E-state index >= 15 is 0 Å². The summed E-state index contributed by atoms with van der Waals surface area (Å²) >= 11 is 1.76. The molecule has 0 saturated heterocycles. The molecule has 1 fully saturated rings. The van der Waals surface area contributed by atoms with E-state index in [-0.39, 0.29) is 42.0 Å². The molecule has 1 saturated carbocycles. The molecule has 0 unspecified atom stereocenters. The molecule has 33 heavy (non-hydrogen) atoms. The minimum absolute atomic E-state index is 0.0664. The first-order chi connectivity index (χ1) is 15.9. The largest absolute Gasteiger partial charge is 0.739 e. The van der Waals surface area contributed by atoms with Crippen LogP contribution >= 0.6 is 11.3 Å². The molecular formula is C23H27N5O4S. The number of esters is 1. The second-order valence-electron chi connectivity index (χ2n) is 8.92. The molecule has 0 spiro atoms. The van der Waals surface area contributed by atoms with Gasteiger partial charge in [0.15, 0.2) is 5.52 Å². The Labute approximate surface area is 195 Å². The molecule has 3 heterocycles. The van der Waals surface area contributed by atoms with Crippen LogP contribution in [0.25, 0.3) is 21.5 Å². The van der Waals surface area contributed by atoms with Gasteiger partial charge in [0.25, 0.3) is 5.52 Å². The fourth-order valence-corrected chi connectivity index (χ4v) is 5.47. The number of anilines is 1. The maximum absolute atomic E-state index is 12.8. The summed E-state index contributed by atoms with van der Waals surface area (Å²) in [7, 11) is 0. The van der Waals surface area contributed by atoms with Crippen molar-refractivity contribution in [3.8, 4) is 10.4 Å². The molecule has 1 aromatic carbocycles. The van der Waals surface area contributed by atoms with Crippen molar-refractivity contribution in [2.24, 2.45) is 0 Å². The van der Waals surface area contributed by atoms with Crippen LogP contribution in [0.4, 0.5) is 5.95 Å². The number of ether oxygens (including phenoxy) is 1. The van der Waals surface area contributed by atoms with Gasteiger partial charge in [-0.25, -0.2) is 4.73 Å². The van der Waals surface area contributed by atoms with E-state index in [1.165, 1.54) is 23.3 Å². The summed E-state index contributed by atoms with van der Waals surface area (Å²) in [5, 5.41) is 32.0. The van der Waals surface area contributed by atoms with E-state index in [2.05, 4.69) is 21.4 Å². The second kappa shape index (κ2) is 8.75. The third kappa shape index (κ3) is 4.58. The highest BCUT2D eigenvalue weighted by Gasteiger charge is 2.32. The Balaban J connectivity index is 1.35. The third-order valence-electron chi connectivity index (χ3n) is 6.02. The first-order valence-electron chi connectivity index (χ1n) is 11.4. The highest BCUT2D eigenvalue weighted by Crippen LogP contribution is 2.38. The number of carbonyl (C=O) groups is 1. The first-order valence-corrected chi connectivity index (χ1v) is 12.2. The van der Waals surface area contributed by atoms with Gasteiger partial charge in [-0.15, -0.1) is 11.3 Å². The Morgan fingerprint density at radius 1 is 1.30 bits per heavy atom. The van der Waals surface area contributed by atoms with Crippen LogP contribution in [0, 0.1) is 10.4 Å². The molecule has 3 aromatic rings. The summed E-state index contributed by atoms with van der Waals surface area (Å²) in [5.74, 6) is -0.524. The minimum Gasteiger partial charge on any atom is -0.739 e. The first kappa shape index (κ1) is 21.8. The highest BCUT2D eigenvalue weighted by molar-refractivity contribution is 7.15. The van der Waals surface area contributed by atoms with Crippen molar-refractivity contribution in [3.05, 3.63) is 45.1 Å². The molecule has 2 aromatic heterocycles. The zero-order valence-electron chi connectivity index (χ0n) is 18.7. The van der Waals surface area contributed by atoms with Gasteiger partial charge in [0.05, 0.1) is 19.1 Å². The molecule has 5 rings (SSSR count). The lowest BCUT2D eigenvalue weighted by atomic mass is 10.1.